The molecule has 1 radical (unpaired) electrons. The van der Waals surface area contributed by atoms with Gasteiger partial charge in [-0.05, 0) is 34.9 Å². The number of aromatic nitrogens is 1. The molecule has 2 heterocycles. The lowest BCUT2D eigenvalue weighted by Gasteiger charge is -2.38. The smallest absolute Gasteiger partial charge is 0.234 e. The van der Waals surface area contributed by atoms with Crippen LogP contribution in [0.4, 0.5) is 0 Å². The maximum absolute atomic E-state index is 10.2. The zero-order valence-electron chi connectivity index (χ0n) is 15.3. The SMILES string of the molecule is OC1(O)CSCCN1Cc1ccc2c(c1)C(OCc1ccc(Cl)cn1)C[C]=C2. The molecule has 0 amide bonds. The molecule has 2 aliphatic rings. The summed E-state index contributed by atoms with van der Waals surface area (Å²) in [6, 6.07) is 9.84. The standard InChI is InChI=1S/C21H22ClN2O3S/c22-17-6-7-18(23-11-17)13-27-20-3-1-2-16-5-4-15(10-19(16)20)12-24-8-9-28-14-21(24,25)26/h2,4-7,10-11,20,25-26H,3,8-9,12-14H2. The van der Waals surface area contributed by atoms with Gasteiger partial charge in [0, 0.05) is 31.5 Å². The Labute approximate surface area is 174 Å². The van der Waals surface area contributed by atoms with Gasteiger partial charge in [-0.2, -0.15) is 11.8 Å². The molecule has 0 saturated carbocycles. The van der Waals surface area contributed by atoms with Gasteiger partial charge in [0.25, 0.3) is 0 Å². The Hall–Kier alpha value is -1.41. The van der Waals surface area contributed by atoms with E-state index in [-0.39, 0.29) is 6.10 Å². The summed E-state index contributed by atoms with van der Waals surface area (Å²) in [5.41, 5.74) is 4.04. The highest BCUT2D eigenvalue weighted by atomic mass is 35.5. The second-order valence-corrected chi connectivity index (χ2v) is 8.57. The number of pyridine rings is 1. The Balaban J connectivity index is 1.48. The maximum Gasteiger partial charge on any atom is 0.234 e. The van der Waals surface area contributed by atoms with Crippen LogP contribution < -0.4 is 0 Å². The highest BCUT2D eigenvalue weighted by molar-refractivity contribution is 7.99. The summed E-state index contributed by atoms with van der Waals surface area (Å²) in [4.78, 5) is 5.99. The van der Waals surface area contributed by atoms with Crippen molar-refractivity contribution in [2.75, 3.05) is 18.1 Å². The normalized spacial score (nSPS) is 21.5. The monoisotopic (exact) mass is 417 g/mol. The predicted molar refractivity (Wildman–Crippen MR) is 110 cm³/mol. The Morgan fingerprint density at radius 2 is 2.21 bits per heavy atom. The first-order valence-electron chi connectivity index (χ1n) is 9.20. The van der Waals surface area contributed by atoms with Gasteiger partial charge >= 0.3 is 0 Å². The van der Waals surface area contributed by atoms with Gasteiger partial charge in [0.1, 0.15) is 0 Å². The predicted octanol–water partition coefficient (Wildman–Crippen LogP) is 3.40. The van der Waals surface area contributed by atoms with Crippen molar-refractivity contribution in [2.45, 2.75) is 31.6 Å². The molecule has 1 aliphatic heterocycles. The van der Waals surface area contributed by atoms with Gasteiger partial charge in [-0.25, -0.2) is 4.90 Å². The topological polar surface area (TPSA) is 65.8 Å². The molecule has 7 heteroatoms. The Morgan fingerprint density at radius 1 is 1.32 bits per heavy atom. The second kappa shape index (κ2) is 8.53. The molecule has 0 bridgehead atoms. The first-order chi connectivity index (χ1) is 13.5. The molecule has 1 aromatic heterocycles. The number of aliphatic hydroxyl groups is 2. The van der Waals surface area contributed by atoms with Gasteiger partial charge in [0.2, 0.25) is 5.91 Å². The number of fused-ring (bicyclic) bond motifs is 1. The lowest BCUT2D eigenvalue weighted by Crippen LogP contribution is -2.53. The van der Waals surface area contributed by atoms with Crippen molar-refractivity contribution < 1.29 is 14.9 Å². The van der Waals surface area contributed by atoms with Crippen LogP contribution in [0.1, 0.15) is 34.9 Å². The summed E-state index contributed by atoms with van der Waals surface area (Å²) in [6.07, 6.45) is 7.43. The molecule has 28 heavy (non-hydrogen) atoms. The Kier molecular flexibility index (Phi) is 6.06. The lowest BCUT2D eigenvalue weighted by molar-refractivity contribution is -0.250. The average molecular weight is 418 g/mol. The third-order valence-corrected chi connectivity index (χ3v) is 6.25. The van der Waals surface area contributed by atoms with Crippen LogP contribution in [-0.2, 0) is 17.9 Å². The van der Waals surface area contributed by atoms with Crippen molar-refractivity contribution in [3.63, 3.8) is 0 Å². The van der Waals surface area contributed by atoms with E-state index >= 15 is 0 Å². The molecule has 1 saturated heterocycles. The third-order valence-electron chi connectivity index (χ3n) is 4.96. The van der Waals surface area contributed by atoms with E-state index in [9.17, 15) is 10.2 Å². The number of benzene rings is 1. The first-order valence-corrected chi connectivity index (χ1v) is 10.7. The molecule has 1 aromatic carbocycles. The van der Waals surface area contributed by atoms with Crippen LogP contribution in [-0.4, -0.2) is 44.1 Å². The van der Waals surface area contributed by atoms with Crippen molar-refractivity contribution in [3.8, 4) is 0 Å². The number of hydrogen-bond acceptors (Lipinski definition) is 6. The van der Waals surface area contributed by atoms with Crippen LogP contribution in [0.2, 0.25) is 5.02 Å². The summed E-state index contributed by atoms with van der Waals surface area (Å²) in [6.45, 7) is 1.53. The van der Waals surface area contributed by atoms with Crippen LogP contribution in [0, 0.1) is 6.08 Å². The lowest BCUT2D eigenvalue weighted by atomic mass is 9.92. The summed E-state index contributed by atoms with van der Waals surface area (Å²) in [7, 11) is 0. The molecule has 1 unspecified atom stereocenters. The number of halogens is 1. The van der Waals surface area contributed by atoms with E-state index in [1.54, 1.807) is 28.9 Å². The summed E-state index contributed by atoms with van der Waals surface area (Å²) < 4.78 is 6.12. The zero-order chi connectivity index (χ0) is 19.6. The molecule has 147 valence electrons. The third kappa shape index (κ3) is 4.59. The van der Waals surface area contributed by atoms with Crippen molar-refractivity contribution in [2.24, 2.45) is 0 Å². The highest BCUT2D eigenvalue weighted by Crippen LogP contribution is 2.33. The van der Waals surface area contributed by atoms with Crippen LogP contribution in [0.25, 0.3) is 6.08 Å². The van der Waals surface area contributed by atoms with E-state index < -0.39 is 5.91 Å². The van der Waals surface area contributed by atoms with Gasteiger partial charge in [-0.3, -0.25) is 4.98 Å². The van der Waals surface area contributed by atoms with E-state index in [4.69, 9.17) is 16.3 Å². The highest BCUT2D eigenvalue weighted by Gasteiger charge is 2.35. The maximum atomic E-state index is 10.2. The van der Waals surface area contributed by atoms with Gasteiger partial charge in [0.15, 0.2) is 0 Å². The van der Waals surface area contributed by atoms with Gasteiger partial charge in [-0.15, -0.1) is 0 Å². The van der Waals surface area contributed by atoms with Gasteiger partial charge in [0.05, 0.1) is 29.2 Å². The fourth-order valence-electron chi connectivity index (χ4n) is 3.43. The molecule has 1 atom stereocenters. The minimum absolute atomic E-state index is 0.109. The molecule has 1 aliphatic carbocycles. The Bertz CT molecular complexity index is 857. The molecule has 2 aromatic rings. The van der Waals surface area contributed by atoms with E-state index in [2.05, 4.69) is 17.1 Å². The molecule has 5 nitrogen and oxygen atoms in total. The zero-order valence-corrected chi connectivity index (χ0v) is 16.9. The number of rotatable bonds is 5. The fourth-order valence-corrected chi connectivity index (χ4v) is 4.49. The minimum Gasteiger partial charge on any atom is -0.367 e. The summed E-state index contributed by atoms with van der Waals surface area (Å²) >= 11 is 7.44. The average Bonchev–Trinajstić information content (AvgIpc) is 2.69. The van der Waals surface area contributed by atoms with E-state index in [0.29, 0.717) is 36.9 Å². The van der Waals surface area contributed by atoms with Crippen LogP contribution in [0.3, 0.4) is 0 Å². The van der Waals surface area contributed by atoms with Gasteiger partial charge in [-0.1, -0.05) is 35.9 Å². The van der Waals surface area contributed by atoms with E-state index in [1.165, 1.54) is 0 Å². The molecule has 2 N–H and O–H groups in total. The number of nitrogens with zero attached hydrogens (tertiary/aromatic N) is 2. The molecular formula is C21H22ClN2O3S. The van der Waals surface area contributed by atoms with Crippen LogP contribution in [0.15, 0.2) is 36.5 Å². The number of hydrogen-bond donors (Lipinski definition) is 2. The quantitative estimate of drug-likeness (QED) is 0.727. The fraction of sp³-hybridized carbons (Fsp3) is 0.381. The summed E-state index contributed by atoms with van der Waals surface area (Å²) in [5.74, 6) is -0.566. The van der Waals surface area contributed by atoms with Gasteiger partial charge < -0.3 is 14.9 Å². The first kappa shape index (κ1) is 19.9. The van der Waals surface area contributed by atoms with Crippen molar-refractivity contribution >= 4 is 29.4 Å². The molecular weight excluding hydrogens is 396 g/mol. The van der Waals surface area contributed by atoms with Crippen LogP contribution in [0.5, 0.6) is 0 Å². The molecule has 0 spiro atoms. The molecule has 1 fully saturated rings. The molecule has 4 rings (SSSR count). The number of ether oxygens (including phenoxy) is 1. The second-order valence-electron chi connectivity index (χ2n) is 7.03. The minimum atomic E-state index is -1.76. The largest absolute Gasteiger partial charge is 0.367 e. The van der Waals surface area contributed by atoms with Crippen LogP contribution >= 0.6 is 23.4 Å². The number of thioether (sulfide) groups is 1. The summed E-state index contributed by atoms with van der Waals surface area (Å²) in [5, 5.41) is 21.0. The van der Waals surface area contributed by atoms with E-state index in [0.717, 1.165) is 28.1 Å². The van der Waals surface area contributed by atoms with E-state index in [1.807, 2.05) is 24.3 Å². The van der Waals surface area contributed by atoms with Crippen molar-refractivity contribution in [3.05, 3.63) is 70.0 Å². The van der Waals surface area contributed by atoms with Crippen molar-refractivity contribution in [1.82, 2.24) is 9.88 Å². The van der Waals surface area contributed by atoms with Crippen molar-refractivity contribution in [1.29, 1.82) is 0 Å². The Morgan fingerprint density at radius 3 is 3.00 bits per heavy atom.